The van der Waals surface area contributed by atoms with Gasteiger partial charge in [0.1, 0.15) is 0 Å². The van der Waals surface area contributed by atoms with Crippen molar-refractivity contribution < 1.29 is 4.79 Å². The second kappa shape index (κ2) is 6.68. The Bertz CT molecular complexity index is 476. The lowest BCUT2D eigenvalue weighted by atomic mass is 9.84. The molecule has 1 fully saturated rings. The molecule has 1 aromatic carbocycles. The molecule has 0 heterocycles. The predicted octanol–water partition coefficient (Wildman–Crippen LogP) is 4.27. The van der Waals surface area contributed by atoms with E-state index in [2.05, 4.69) is 12.2 Å². The van der Waals surface area contributed by atoms with E-state index in [-0.39, 0.29) is 11.9 Å². The number of hydrogen-bond donors (Lipinski definition) is 2. The Kier molecular flexibility index (Phi) is 5.17. The first-order valence-electron chi connectivity index (χ1n) is 7.04. The lowest BCUT2D eigenvalue weighted by molar-refractivity contribution is 0.0919. The van der Waals surface area contributed by atoms with Crippen LogP contribution in [0.25, 0.3) is 0 Å². The number of nitrogens with one attached hydrogen (secondary N) is 1. The Morgan fingerprint density at radius 3 is 2.55 bits per heavy atom. The quantitative estimate of drug-likeness (QED) is 0.818. The Labute approximate surface area is 129 Å². The van der Waals surface area contributed by atoms with Crippen LogP contribution in [0.2, 0.25) is 10.0 Å². The third-order valence-corrected chi connectivity index (χ3v) is 4.85. The zero-order valence-electron chi connectivity index (χ0n) is 11.6. The van der Waals surface area contributed by atoms with Gasteiger partial charge in [0.05, 0.1) is 15.7 Å². The normalized spacial score (nSPS) is 17.8. The van der Waals surface area contributed by atoms with Crippen LogP contribution in [-0.4, -0.2) is 11.9 Å². The number of nitrogen functional groups attached to an aromatic ring is 1. The van der Waals surface area contributed by atoms with Gasteiger partial charge in [-0.1, -0.05) is 42.5 Å². The van der Waals surface area contributed by atoms with Crippen LogP contribution in [0.3, 0.4) is 0 Å². The molecule has 0 aliphatic heterocycles. The third kappa shape index (κ3) is 3.58. The van der Waals surface area contributed by atoms with Crippen molar-refractivity contribution in [2.45, 2.75) is 45.1 Å². The number of benzene rings is 1. The lowest BCUT2D eigenvalue weighted by Crippen LogP contribution is -2.38. The van der Waals surface area contributed by atoms with Gasteiger partial charge in [-0.05, 0) is 37.8 Å². The fraction of sp³-hybridized carbons (Fsp3) is 0.533. The molecular formula is C15H20Cl2N2O. The molecule has 1 aliphatic carbocycles. The number of carbonyl (C=O) groups is 1. The summed E-state index contributed by atoms with van der Waals surface area (Å²) in [5.41, 5.74) is 6.52. The molecule has 5 heteroatoms. The molecule has 0 bridgehead atoms. The zero-order valence-corrected chi connectivity index (χ0v) is 13.1. The van der Waals surface area contributed by atoms with E-state index in [1.807, 2.05) is 0 Å². The summed E-state index contributed by atoms with van der Waals surface area (Å²) in [5, 5.41) is 3.65. The Balaban J connectivity index is 2.04. The van der Waals surface area contributed by atoms with Crippen molar-refractivity contribution in [2.75, 3.05) is 5.73 Å². The van der Waals surface area contributed by atoms with Gasteiger partial charge in [-0.3, -0.25) is 4.79 Å². The molecule has 0 aromatic heterocycles. The maximum Gasteiger partial charge on any atom is 0.251 e. The first kappa shape index (κ1) is 15.5. The highest BCUT2D eigenvalue weighted by atomic mass is 35.5. The van der Waals surface area contributed by atoms with E-state index < -0.39 is 0 Å². The minimum Gasteiger partial charge on any atom is -0.397 e. The van der Waals surface area contributed by atoms with E-state index in [1.165, 1.54) is 32.1 Å². The summed E-state index contributed by atoms with van der Waals surface area (Å²) in [6, 6.07) is 3.29. The number of carbonyl (C=O) groups excluding carboxylic acids is 1. The predicted molar refractivity (Wildman–Crippen MR) is 84.4 cm³/mol. The summed E-state index contributed by atoms with van der Waals surface area (Å²) >= 11 is 11.8. The van der Waals surface area contributed by atoms with E-state index in [1.54, 1.807) is 12.1 Å². The molecule has 0 spiro atoms. The first-order chi connectivity index (χ1) is 9.49. The summed E-state index contributed by atoms with van der Waals surface area (Å²) < 4.78 is 0. The molecule has 1 aliphatic rings. The zero-order chi connectivity index (χ0) is 14.7. The molecule has 1 unspecified atom stereocenters. The van der Waals surface area contributed by atoms with Gasteiger partial charge in [0.25, 0.3) is 5.91 Å². The number of halogens is 2. The van der Waals surface area contributed by atoms with Crippen LogP contribution in [0.1, 0.15) is 49.4 Å². The third-order valence-electron chi connectivity index (χ3n) is 4.03. The minimum absolute atomic E-state index is 0.145. The maximum absolute atomic E-state index is 12.2. The van der Waals surface area contributed by atoms with Crippen LogP contribution >= 0.6 is 23.2 Å². The summed E-state index contributed by atoms with van der Waals surface area (Å²) in [5.74, 6) is 0.418. The van der Waals surface area contributed by atoms with E-state index in [4.69, 9.17) is 28.9 Å². The highest BCUT2D eigenvalue weighted by molar-refractivity contribution is 6.43. The van der Waals surface area contributed by atoms with Gasteiger partial charge in [-0.25, -0.2) is 0 Å². The van der Waals surface area contributed by atoms with Crippen molar-refractivity contribution >= 4 is 34.8 Å². The van der Waals surface area contributed by atoms with Gasteiger partial charge < -0.3 is 11.1 Å². The monoisotopic (exact) mass is 314 g/mol. The van der Waals surface area contributed by atoms with Gasteiger partial charge in [0.15, 0.2) is 0 Å². The van der Waals surface area contributed by atoms with Crippen molar-refractivity contribution in [1.29, 1.82) is 0 Å². The Hall–Kier alpha value is -0.930. The number of nitrogens with two attached hydrogens (primary N) is 1. The number of hydrogen-bond acceptors (Lipinski definition) is 2. The van der Waals surface area contributed by atoms with Crippen molar-refractivity contribution in [3.8, 4) is 0 Å². The minimum atomic E-state index is -0.145. The molecule has 0 radical (unpaired) electrons. The molecule has 2 rings (SSSR count). The largest absolute Gasteiger partial charge is 0.397 e. The van der Waals surface area contributed by atoms with Crippen molar-refractivity contribution in [2.24, 2.45) is 5.92 Å². The standard InChI is InChI=1S/C15H20Cl2N2O/c1-9(10-5-3-2-4-6-10)19-15(20)11-7-12(16)14(17)13(18)8-11/h7-10H,2-6,18H2,1H3,(H,19,20). The molecule has 1 atom stereocenters. The molecule has 1 saturated carbocycles. The van der Waals surface area contributed by atoms with Gasteiger partial charge in [0, 0.05) is 11.6 Å². The average Bonchev–Trinajstić information content (AvgIpc) is 2.45. The molecule has 0 saturated heterocycles. The van der Waals surface area contributed by atoms with Crippen LogP contribution in [0.5, 0.6) is 0 Å². The molecule has 110 valence electrons. The lowest BCUT2D eigenvalue weighted by Gasteiger charge is -2.28. The van der Waals surface area contributed by atoms with Crippen molar-refractivity contribution in [3.63, 3.8) is 0 Å². The fourth-order valence-corrected chi connectivity index (χ4v) is 3.12. The highest BCUT2D eigenvalue weighted by Crippen LogP contribution is 2.30. The Morgan fingerprint density at radius 2 is 1.95 bits per heavy atom. The van der Waals surface area contributed by atoms with E-state index in [0.29, 0.717) is 27.2 Å². The molecule has 1 amide bonds. The molecule has 3 N–H and O–H groups in total. The number of amides is 1. The average molecular weight is 315 g/mol. The topological polar surface area (TPSA) is 55.1 Å². The highest BCUT2D eigenvalue weighted by Gasteiger charge is 2.22. The summed E-state index contributed by atoms with van der Waals surface area (Å²) in [7, 11) is 0. The van der Waals surface area contributed by atoms with E-state index in [0.717, 1.165) is 0 Å². The van der Waals surface area contributed by atoms with Gasteiger partial charge in [-0.15, -0.1) is 0 Å². The smallest absolute Gasteiger partial charge is 0.251 e. The van der Waals surface area contributed by atoms with Crippen LogP contribution in [0.4, 0.5) is 5.69 Å². The summed E-state index contributed by atoms with van der Waals surface area (Å²) in [4.78, 5) is 12.2. The summed E-state index contributed by atoms with van der Waals surface area (Å²) in [6.45, 7) is 2.06. The van der Waals surface area contributed by atoms with Crippen molar-refractivity contribution in [3.05, 3.63) is 27.7 Å². The SMILES string of the molecule is CC(NC(=O)c1cc(N)c(Cl)c(Cl)c1)C1CCCCC1. The second-order valence-corrected chi connectivity index (χ2v) is 6.31. The van der Waals surface area contributed by atoms with Gasteiger partial charge in [-0.2, -0.15) is 0 Å². The fourth-order valence-electron chi connectivity index (χ4n) is 2.78. The summed E-state index contributed by atoms with van der Waals surface area (Å²) in [6.07, 6.45) is 6.19. The number of rotatable bonds is 3. The second-order valence-electron chi connectivity index (χ2n) is 5.52. The van der Waals surface area contributed by atoms with Crippen LogP contribution < -0.4 is 11.1 Å². The van der Waals surface area contributed by atoms with Crippen LogP contribution in [0, 0.1) is 5.92 Å². The Morgan fingerprint density at radius 1 is 1.30 bits per heavy atom. The van der Waals surface area contributed by atoms with Gasteiger partial charge in [0.2, 0.25) is 0 Å². The molecular weight excluding hydrogens is 295 g/mol. The molecule has 3 nitrogen and oxygen atoms in total. The first-order valence-corrected chi connectivity index (χ1v) is 7.80. The maximum atomic E-state index is 12.2. The number of anilines is 1. The molecule has 20 heavy (non-hydrogen) atoms. The van der Waals surface area contributed by atoms with Crippen molar-refractivity contribution in [1.82, 2.24) is 5.32 Å². The van der Waals surface area contributed by atoms with Crippen LogP contribution in [-0.2, 0) is 0 Å². The van der Waals surface area contributed by atoms with E-state index >= 15 is 0 Å². The van der Waals surface area contributed by atoms with Gasteiger partial charge >= 0.3 is 0 Å². The molecule has 1 aromatic rings. The van der Waals surface area contributed by atoms with E-state index in [9.17, 15) is 4.79 Å². The van der Waals surface area contributed by atoms with Crippen LogP contribution in [0.15, 0.2) is 12.1 Å².